The predicted octanol–water partition coefficient (Wildman–Crippen LogP) is 4.33. The zero-order chi connectivity index (χ0) is 18.3. The number of carbonyl (C=O) groups excluding carboxylic acids is 2. The first kappa shape index (κ1) is 18.3. The number of nitrogens with zero attached hydrogens (tertiary/aromatic N) is 1. The number of ether oxygens (including phenoxy) is 1. The van der Waals surface area contributed by atoms with Crippen LogP contribution in [0.4, 0.5) is 0 Å². The van der Waals surface area contributed by atoms with E-state index in [1.807, 2.05) is 39.0 Å². The van der Waals surface area contributed by atoms with Crippen LogP contribution >= 0.6 is 0 Å². The van der Waals surface area contributed by atoms with E-state index in [1.54, 1.807) is 42.6 Å². The maximum Gasteiger partial charge on any atom is 0.331 e. The topological polar surface area (TPSA) is 56.3 Å². The van der Waals surface area contributed by atoms with Crippen LogP contribution in [0.2, 0.25) is 0 Å². The van der Waals surface area contributed by atoms with Crippen LogP contribution in [0, 0.1) is 0 Å². The summed E-state index contributed by atoms with van der Waals surface area (Å²) in [6, 6.07) is 12.6. The smallest absolute Gasteiger partial charge is 0.331 e. The van der Waals surface area contributed by atoms with E-state index in [0.29, 0.717) is 11.3 Å². The molecule has 0 spiro atoms. The average molecular weight is 335 g/mol. The van der Waals surface area contributed by atoms with E-state index in [2.05, 4.69) is 4.98 Å². The van der Waals surface area contributed by atoms with Gasteiger partial charge in [0.05, 0.1) is 5.69 Å². The minimum atomic E-state index is -0.531. The molecule has 0 aliphatic carbocycles. The molecule has 0 aliphatic rings. The molecule has 0 aliphatic heterocycles. The minimum absolute atomic E-state index is 0.0664. The Kier molecular flexibility index (Phi) is 6.01. The minimum Gasteiger partial charge on any atom is -0.457 e. The van der Waals surface area contributed by atoms with Crippen molar-refractivity contribution < 1.29 is 14.3 Å². The zero-order valence-corrected chi connectivity index (χ0v) is 14.6. The van der Waals surface area contributed by atoms with Crippen molar-refractivity contribution in [3.63, 3.8) is 0 Å². The molecule has 0 fully saturated rings. The molecule has 25 heavy (non-hydrogen) atoms. The van der Waals surface area contributed by atoms with Gasteiger partial charge in [-0.1, -0.05) is 36.4 Å². The Hall–Kier alpha value is -3.01. The van der Waals surface area contributed by atoms with Crippen LogP contribution in [-0.2, 0) is 9.53 Å². The molecule has 0 amide bonds. The second-order valence-corrected chi connectivity index (χ2v) is 6.44. The quantitative estimate of drug-likeness (QED) is 0.463. The van der Waals surface area contributed by atoms with Crippen LogP contribution in [0.15, 0.2) is 60.8 Å². The fourth-order valence-corrected chi connectivity index (χ4v) is 2.02. The van der Waals surface area contributed by atoms with Crippen LogP contribution in [0.25, 0.3) is 12.2 Å². The van der Waals surface area contributed by atoms with Gasteiger partial charge in [0.2, 0.25) is 0 Å². The van der Waals surface area contributed by atoms with Gasteiger partial charge in [0.1, 0.15) is 5.60 Å². The van der Waals surface area contributed by atoms with Crippen molar-refractivity contribution in [3.8, 4) is 0 Å². The van der Waals surface area contributed by atoms with Gasteiger partial charge in [0.15, 0.2) is 5.78 Å². The highest BCUT2D eigenvalue weighted by Crippen LogP contribution is 2.10. The molecule has 0 unspecified atom stereocenters. The molecule has 0 N–H and O–H groups in total. The van der Waals surface area contributed by atoms with E-state index in [-0.39, 0.29) is 5.78 Å². The summed E-state index contributed by atoms with van der Waals surface area (Å²) in [7, 11) is 0. The van der Waals surface area contributed by atoms with Crippen LogP contribution < -0.4 is 0 Å². The number of esters is 1. The van der Waals surface area contributed by atoms with E-state index in [9.17, 15) is 9.59 Å². The Balaban J connectivity index is 2.05. The van der Waals surface area contributed by atoms with Crippen molar-refractivity contribution in [2.24, 2.45) is 0 Å². The maximum atomic E-state index is 12.1. The molecule has 1 aromatic heterocycles. The third kappa shape index (κ3) is 6.55. The van der Waals surface area contributed by atoms with Gasteiger partial charge in [-0.15, -0.1) is 0 Å². The van der Waals surface area contributed by atoms with Gasteiger partial charge in [-0.05, 0) is 50.6 Å². The van der Waals surface area contributed by atoms with Crippen LogP contribution in [0.1, 0.15) is 42.4 Å². The number of allylic oxidation sites excluding steroid dienone is 1. The zero-order valence-electron chi connectivity index (χ0n) is 14.6. The molecule has 4 nitrogen and oxygen atoms in total. The Morgan fingerprint density at radius 2 is 1.72 bits per heavy atom. The van der Waals surface area contributed by atoms with Gasteiger partial charge >= 0.3 is 5.97 Å². The fraction of sp³-hybridized carbons (Fsp3) is 0.190. The molecule has 0 saturated carbocycles. The number of carbonyl (C=O) groups is 2. The summed E-state index contributed by atoms with van der Waals surface area (Å²) in [5.41, 5.74) is 1.54. The Bertz CT molecular complexity index is 799. The number of benzene rings is 1. The molecule has 128 valence electrons. The van der Waals surface area contributed by atoms with Crippen molar-refractivity contribution in [1.29, 1.82) is 0 Å². The van der Waals surface area contributed by atoms with Crippen molar-refractivity contribution in [2.45, 2.75) is 26.4 Å². The highest BCUT2D eigenvalue weighted by Gasteiger charge is 2.13. The van der Waals surface area contributed by atoms with E-state index in [4.69, 9.17) is 4.74 Å². The van der Waals surface area contributed by atoms with E-state index in [0.717, 1.165) is 5.56 Å². The second kappa shape index (κ2) is 8.20. The van der Waals surface area contributed by atoms with E-state index >= 15 is 0 Å². The summed E-state index contributed by atoms with van der Waals surface area (Å²) in [5.74, 6) is -0.488. The van der Waals surface area contributed by atoms with E-state index < -0.39 is 11.6 Å². The summed E-state index contributed by atoms with van der Waals surface area (Å²) in [6.45, 7) is 5.43. The number of ketones is 1. The van der Waals surface area contributed by atoms with Gasteiger partial charge in [-0.3, -0.25) is 9.78 Å². The van der Waals surface area contributed by atoms with Gasteiger partial charge in [-0.2, -0.15) is 0 Å². The van der Waals surface area contributed by atoms with Crippen LogP contribution in [0.3, 0.4) is 0 Å². The monoisotopic (exact) mass is 335 g/mol. The van der Waals surface area contributed by atoms with E-state index in [1.165, 1.54) is 12.2 Å². The molecule has 1 heterocycles. The largest absolute Gasteiger partial charge is 0.457 e. The predicted molar refractivity (Wildman–Crippen MR) is 98.9 cm³/mol. The molecular weight excluding hydrogens is 314 g/mol. The van der Waals surface area contributed by atoms with Crippen LogP contribution in [0.5, 0.6) is 0 Å². The van der Waals surface area contributed by atoms with Crippen LogP contribution in [-0.4, -0.2) is 22.3 Å². The third-order valence-electron chi connectivity index (χ3n) is 3.09. The van der Waals surface area contributed by atoms with Gasteiger partial charge in [0, 0.05) is 17.8 Å². The first-order chi connectivity index (χ1) is 11.8. The lowest BCUT2D eigenvalue weighted by atomic mass is 10.1. The lowest BCUT2D eigenvalue weighted by molar-refractivity contribution is -0.148. The first-order valence-corrected chi connectivity index (χ1v) is 7.98. The molecule has 0 radical (unpaired) electrons. The molecule has 0 saturated heterocycles. The number of aromatic nitrogens is 1. The third-order valence-corrected chi connectivity index (χ3v) is 3.09. The van der Waals surface area contributed by atoms with Crippen molar-refractivity contribution in [1.82, 2.24) is 4.98 Å². The molecule has 2 rings (SSSR count). The highest BCUT2D eigenvalue weighted by molar-refractivity contribution is 6.06. The second-order valence-electron chi connectivity index (χ2n) is 6.44. The number of hydrogen-bond acceptors (Lipinski definition) is 4. The molecular formula is C21H21NO3. The highest BCUT2D eigenvalue weighted by atomic mass is 16.6. The normalized spacial score (nSPS) is 11.8. The van der Waals surface area contributed by atoms with Crippen molar-refractivity contribution in [2.75, 3.05) is 0 Å². The summed E-state index contributed by atoms with van der Waals surface area (Å²) >= 11 is 0. The molecule has 0 atom stereocenters. The molecule has 0 bridgehead atoms. The summed E-state index contributed by atoms with van der Waals surface area (Å²) in [4.78, 5) is 27.9. The lowest BCUT2D eigenvalue weighted by Crippen LogP contribution is -2.22. The lowest BCUT2D eigenvalue weighted by Gasteiger charge is -2.17. The summed E-state index contributed by atoms with van der Waals surface area (Å²) in [5, 5.41) is 0. The molecule has 2 aromatic rings. The molecule has 4 heteroatoms. The fourth-order valence-electron chi connectivity index (χ4n) is 2.02. The first-order valence-electron chi connectivity index (χ1n) is 7.98. The maximum absolute atomic E-state index is 12.1. The summed E-state index contributed by atoms with van der Waals surface area (Å²) in [6.07, 6.45) is 7.80. The average Bonchev–Trinajstić information content (AvgIpc) is 2.57. The Morgan fingerprint density at radius 1 is 1.00 bits per heavy atom. The van der Waals surface area contributed by atoms with Gasteiger partial charge in [0.25, 0.3) is 0 Å². The number of pyridine rings is 1. The van der Waals surface area contributed by atoms with Gasteiger partial charge < -0.3 is 4.74 Å². The Labute approximate surface area is 147 Å². The summed E-state index contributed by atoms with van der Waals surface area (Å²) < 4.78 is 5.21. The molecule has 1 aromatic carbocycles. The number of hydrogen-bond donors (Lipinski definition) is 0. The van der Waals surface area contributed by atoms with Crippen molar-refractivity contribution >= 4 is 23.9 Å². The Morgan fingerprint density at radius 3 is 2.40 bits per heavy atom. The van der Waals surface area contributed by atoms with Crippen molar-refractivity contribution in [3.05, 3.63) is 77.6 Å². The SMILES string of the molecule is CC(C)(C)OC(=O)/C=C/c1cc(/C=C/C(=O)c2ccccc2)ccn1. The van der Waals surface area contributed by atoms with Gasteiger partial charge in [-0.25, -0.2) is 4.79 Å². The standard InChI is InChI=1S/C21H21NO3/c1-21(2,3)25-20(24)12-10-18-15-16(13-14-22-18)9-11-19(23)17-7-5-4-6-8-17/h4-15H,1-3H3/b11-9+,12-10+. The number of rotatable bonds is 5.